The largest absolute Gasteiger partial charge is 0.375 e. The van der Waals surface area contributed by atoms with Crippen LogP contribution in [0.5, 0.6) is 0 Å². The van der Waals surface area contributed by atoms with Crippen molar-refractivity contribution in [1.82, 2.24) is 4.90 Å². The molecule has 3 atom stereocenters. The zero-order valence-corrected chi connectivity index (χ0v) is 10.6. The molecule has 0 radical (unpaired) electrons. The maximum Gasteiger partial charge on any atom is 0.239 e. The Balaban J connectivity index is 2.52. The molecule has 16 heavy (non-hydrogen) atoms. The van der Waals surface area contributed by atoms with Crippen LogP contribution in [0.3, 0.4) is 0 Å². The summed E-state index contributed by atoms with van der Waals surface area (Å²) in [6.07, 6.45) is 2.07. The van der Waals surface area contributed by atoms with E-state index >= 15 is 0 Å². The lowest BCUT2D eigenvalue weighted by atomic mass is 9.98. The van der Waals surface area contributed by atoms with Crippen LogP contribution in [0.15, 0.2) is 0 Å². The molecule has 0 aliphatic carbocycles. The number of morpholine rings is 1. The summed E-state index contributed by atoms with van der Waals surface area (Å²) in [5.74, 6) is 0.325. The second kappa shape index (κ2) is 6.21. The van der Waals surface area contributed by atoms with E-state index in [0.717, 1.165) is 12.8 Å². The average molecular weight is 228 g/mol. The van der Waals surface area contributed by atoms with Crippen LogP contribution in [-0.2, 0) is 9.53 Å². The van der Waals surface area contributed by atoms with Gasteiger partial charge in [0.25, 0.3) is 0 Å². The van der Waals surface area contributed by atoms with Crippen LogP contribution in [0.1, 0.15) is 33.6 Å². The standard InChI is InChI=1S/C12H24N2O2/c1-4-9(3)11(13)12(15)14-6-7-16-10(5-2)8-14/h9-11H,4-8,13H2,1-3H3/t9-,10?,11-/m0/s1. The molecule has 0 saturated carbocycles. The predicted molar refractivity (Wildman–Crippen MR) is 64.0 cm³/mol. The number of rotatable bonds is 4. The first-order valence-corrected chi connectivity index (χ1v) is 6.26. The summed E-state index contributed by atoms with van der Waals surface area (Å²) < 4.78 is 5.54. The van der Waals surface area contributed by atoms with Gasteiger partial charge in [-0.1, -0.05) is 27.2 Å². The van der Waals surface area contributed by atoms with E-state index < -0.39 is 0 Å². The fraction of sp³-hybridized carbons (Fsp3) is 0.917. The molecule has 1 saturated heterocycles. The molecule has 0 spiro atoms. The van der Waals surface area contributed by atoms with Crippen LogP contribution in [0.25, 0.3) is 0 Å². The minimum atomic E-state index is -0.361. The average Bonchev–Trinajstić information content (AvgIpc) is 2.36. The van der Waals surface area contributed by atoms with Crippen molar-refractivity contribution >= 4 is 5.91 Å². The Hall–Kier alpha value is -0.610. The van der Waals surface area contributed by atoms with Crippen LogP contribution in [0.4, 0.5) is 0 Å². The van der Waals surface area contributed by atoms with Gasteiger partial charge in [-0.15, -0.1) is 0 Å². The van der Waals surface area contributed by atoms with Crippen molar-refractivity contribution in [3.63, 3.8) is 0 Å². The van der Waals surface area contributed by atoms with E-state index in [9.17, 15) is 4.79 Å². The molecule has 0 aromatic heterocycles. The van der Waals surface area contributed by atoms with Crippen molar-refractivity contribution in [1.29, 1.82) is 0 Å². The van der Waals surface area contributed by atoms with Crippen molar-refractivity contribution < 1.29 is 9.53 Å². The van der Waals surface area contributed by atoms with Gasteiger partial charge in [-0.25, -0.2) is 0 Å². The number of hydrogen-bond donors (Lipinski definition) is 1. The molecule has 2 N–H and O–H groups in total. The third-order valence-electron chi connectivity index (χ3n) is 3.45. The van der Waals surface area contributed by atoms with Crippen molar-refractivity contribution in [2.75, 3.05) is 19.7 Å². The van der Waals surface area contributed by atoms with Crippen LogP contribution < -0.4 is 5.73 Å². The Morgan fingerprint density at radius 2 is 2.25 bits per heavy atom. The van der Waals surface area contributed by atoms with E-state index in [1.54, 1.807) is 0 Å². The van der Waals surface area contributed by atoms with E-state index in [0.29, 0.717) is 19.7 Å². The minimum absolute atomic E-state index is 0.0797. The van der Waals surface area contributed by atoms with Gasteiger partial charge in [0.2, 0.25) is 5.91 Å². The molecule has 1 rings (SSSR count). The minimum Gasteiger partial charge on any atom is -0.375 e. The van der Waals surface area contributed by atoms with E-state index in [2.05, 4.69) is 13.8 Å². The van der Waals surface area contributed by atoms with Gasteiger partial charge in [-0.3, -0.25) is 4.79 Å². The zero-order valence-electron chi connectivity index (χ0n) is 10.6. The highest BCUT2D eigenvalue weighted by Crippen LogP contribution is 2.13. The summed E-state index contributed by atoms with van der Waals surface area (Å²) in [6, 6.07) is -0.361. The van der Waals surface area contributed by atoms with Crippen LogP contribution in [-0.4, -0.2) is 42.6 Å². The molecule has 1 unspecified atom stereocenters. The number of amides is 1. The molecule has 1 heterocycles. The molecule has 0 aromatic rings. The highest BCUT2D eigenvalue weighted by molar-refractivity contribution is 5.82. The molecule has 4 heteroatoms. The number of nitrogens with two attached hydrogens (primary N) is 1. The fourth-order valence-electron chi connectivity index (χ4n) is 1.87. The maximum atomic E-state index is 12.1. The first-order chi connectivity index (χ1) is 7.60. The predicted octanol–water partition coefficient (Wildman–Crippen LogP) is 0.997. The molecule has 1 fully saturated rings. The first kappa shape index (κ1) is 13.5. The van der Waals surface area contributed by atoms with Crippen LogP contribution in [0.2, 0.25) is 0 Å². The van der Waals surface area contributed by atoms with Crippen LogP contribution >= 0.6 is 0 Å². The summed E-state index contributed by atoms with van der Waals surface area (Å²) in [4.78, 5) is 14.0. The molecular weight excluding hydrogens is 204 g/mol. The summed E-state index contributed by atoms with van der Waals surface area (Å²) >= 11 is 0. The van der Waals surface area contributed by atoms with E-state index in [4.69, 9.17) is 10.5 Å². The van der Waals surface area contributed by atoms with Crippen molar-refractivity contribution in [2.24, 2.45) is 11.7 Å². The smallest absolute Gasteiger partial charge is 0.239 e. The molecule has 0 aromatic carbocycles. The Morgan fingerprint density at radius 3 is 2.81 bits per heavy atom. The lowest BCUT2D eigenvalue weighted by Gasteiger charge is -2.35. The lowest BCUT2D eigenvalue weighted by molar-refractivity contribution is -0.141. The van der Waals surface area contributed by atoms with E-state index in [-0.39, 0.29) is 24.0 Å². The van der Waals surface area contributed by atoms with Gasteiger partial charge in [0.1, 0.15) is 0 Å². The fourth-order valence-corrected chi connectivity index (χ4v) is 1.87. The van der Waals surface area contributed by atoms with Crippen LogP contribution in [0, 0.1) is 5.92 Å². The van der Waals surface area contributed by atoms with Gasteiger partial charge in [0.15, 0.2) is 0 Å². The van der Waals surface area contributed by atoms with Gasteiger partial charge in [-0.2, -0.15) is 0 Å². The van der Waals surface area contributed by atoms with Crippen molar-refractivity contribution in [2.45, 2.75) is 45.8 Å². The quantitative estimate of drug-likeness (QED) is 0.781. The first-order valence-electron chi connectivity index (χ1n) is 6.26. The third-order valence-corrected chi connectivity index (χ3v) is 3.45. The highest BCUT2D eigenvalue weighted by atomic mass is 16.5. The molecule has 4 nitrogen and oxygen atoms in total. The molecule has 94 valence electrons. The summed E-state index contributed by atoms with van der Waals surface area (Å²) in [5, 5.41) is 0. The highest BCUT2D eigenvalue weighted by Gasteiger charge is 2.28. The maximum absolute atomic E-state index is 12.1. The number of ether oxygens (including phenoxy) is 1. The second-order valence-electron chi connectivity index (χ2n) is 4.60. The van der Waals surface area contributed by atoms with E-state index in [1.807, 2.05) is 11.8 Å². The van der Waals surface area contributed by atoms with Gasteiger partial charge in [-0.05, 0) is 12.3 Å². The zero-order chi connectivity index (χ0) is 12.1. The monoisotopic (exact) mass is 228 g/mol. The molecule has 1 aliphatic rings. The van der Waals surface area contributed by atoms with E-state index in [1.165, 1.54) is 0 Å². The number of carbonyl (C=O) groups excluding carboxylic acids is 1. The molecule has 1 aliphatic heterocycles. The molecular formula is C12H24N2O2. The van der Waals surface area contributed by atoms with Crippen molar-refractivity contribution in [3.05, 3.63) is 0 Å². The number of hydrogen-bond acceptors (Lipinski definition) is 3. The van der Waals surface area contributed by atoms with Gasteiger partial charge < -0.3 is 15.4 Å². The lowest BCUT2D eigenvalue weighted by Crippen LogP contribution is -2.53. The Morgan fingerprint density at radius 1 is 1.56 bits per heavy atom. The SMILES string of the molecule is CCC1CN(C(=O)[C@@H](N)[C@@H](C)CC)CCO1. The Kier molecular flexibility index (Phi) is 5.22. The van der Waals surface area contributed by atoms with Crippen molar-refractivity contribution in [3.8, 4) is 0 Å². The number of carbonyl (C=O) groups is 1. The normalized spacial score (nSPS) is 25.2. The van der Waals surface area contributed by atoms with Gasteiger partial charge >= 0.3 is 0 Å². The Bertz CT molecular complexity index is 233. The third kappa shape index (κ3) is 3.19. The molecule has 1 amide bonds. The number of nitrogens with zero attached hydrogens (tertiary/aromatic N) is 1. The topological polar surface area (TPSA) is 55.6 Å². The summed E-state index contributed by atoms with van der Waals surface area (Å²) in [5.41, 5.74) is 5.96. The Labute approximate surface area is 98.1 Å². The summed E-state index contributed by atoms with van der Waals surface area (Å²) in [7, 11) is 0. The van der Waals surface area contributed by atoms with Gasteiger partial charge in [0, 0.05) is 13.1 Å². The second-order valence-corrected chi connectivity index (χ2v) is 4.60. The van der Waals surface area contributed by atoms with Gasteiger partial charge in [0.05, 0.1) is 18.8 Å². The molecule has 0 bridgehead atoms. The summed E-state index contributed by atoms with van der Waals surface area (Å²) in [6.45, 7) is 8.18.